The van der Waals surface area contributed by atoms with Crippen LogP contribution in [0.1, 0.15) is 6.92 Å². The quantitative estimate of drug-likeness (QED) is 0.461. The lowest BCUT2D eigenvalue weighted by Gasteiger charge is -2.17. The lowest BCUT2D eigenvalue weighted by atomic mass is 10.0. The van der Waals surface area contributed by atoms with Crippen molar-refractivity contribution >= 4 is 0 Å². The van der Waals surface area contributed by atoms with Crippen molar-refractivity contribution in [2.45, 2.75) is 12.5 Å². The molecule has 0 fully saturated rings. The van der Waals surface area contributed by atoms with Crippen molar-refractivity contribution in [3.8, 4) is 0 Å². The summed E-state index contributed by atoms with van der Waals surface area (Å²) in [6.45, 7) is 8.32. The zero-order chi connectivity index (χ0) is 8.20. The highest BCUT2D eigenvalue weighted by molar-refractivity contribution is 5.24. The summed E-state index contributed by atoms with van der Waals surface area (Å²) >= 11 is 0. The zero-order valence-corrected chi connectivity index (χ0v) is 6.04. The maximum absolute atomic E-state index is 9.34. The first-order valence-electron chi connectivity index (χ1n) is 2.96. The van der Waals surface area contributed by atoms with E-state index in [0.717, 1.165) is 0 Å². The van der Waals surface area contributed by atoms with Gasteiger partial charge in [-0.3, -0.25) is 0 Å². The van der Waals surface area contributed by atoms with Gasteiger partial charge < -0.3 is 10.2 Å². The third kappa shape index (κ3) is 1.48. The van der Waals surface area contributed by atoms with E-state index in [1.165, 1.54) is 18.2 Å². The van der Waals surface area contributed by atoms with Crippen LogP contribution in [0, 0.1) is 0 Å². The summed E-state index contributed by atoms with van der Waals surface area (Å²) in [7, 11) is 0. The molecule has 0 aliphatic heterocycles. The highest BCUT2D eigenvalue weighted by atomic mass is 16.3. The van der Waals surface area contributed by atoms with E-state index in [9.17, 15) is 5.11 Å². The molecular weight excluding hydrogens is 128 g/mol. The predicted octanol–water partition coefficient (Wildman–Crippen LogP) is 1.55. The standard InChI is InChI=1S/C8H12O2/c1-4-7(9)8(10,5-2)6-3/h4-6,9-10H,2-3H2,1H3. The van der Waals surface area contributed by atoms with Gasteiger partial charge in [0.1, 0.15) is 5.76 Å². The number of aliphatic hydroxyl groups excluding tert-OH is 1. The summed E-state index contributed by atoms with van der Waals surface area (Å²) in [5.41, 5.74) is -1.46. The van der Waals surface area contributed by atoms with Crippen molar-refractivity contribution in [1.82, 2.24) is 0 Å². The van der Waals surface area contributed by atoms with E-state index in [2.05, 4.69) is 13.2 Å². The van der Waals surface area contributed by atoms with Gasteiger partial charge in [-0.2, -0.15) is 0 Å². The molecule has 0 amide bonds. The molecule has 0 radical (unpaired) electrons. The van der Waals surface area contributed by atoms with E-state index in [4.69, 9.17) is 5.11 Å². The molecule has 2 N–H and O–H groups in total. The zero-order valence-electron chi connectivity index (χ0n) is 6.04. The molecule has 56 valence electrons. The molecule has 0 aliphatic carbocycles. The fraction of sp³-hybridized carbons (Fsp3) is 0.250. The molecule has 0 aliphatic rings. The van der Waals surface area contributed by atoms with Crippen LogP contribution in [-0.4, -0.2) is 15.8 Å². The average Bonchev–Trinajstić information content (AvgIpc) is 2.01. The van der Waals surface area contributed by atoms with Crippen molar-refractivity contribution < 1.29 is 10.2 Å². The molecule has 2 nitrogen and oxygen atoms in total. The number of hydrogen-bond acceptors (Lipinski definition) is 2. The van der Waals surface area contributed by atoms with Crippen LogP contribution >= 0.6 is 0 Å². The van der Waals surface area contributed by atoms with Gasteiger partial charge in [-0.05, 0) is 25.2 Å². The molecule has 0 saturated heterocycles. The molecule has 0 saturated carbocycles. The fourth-order valence-electron chi connectivity index (χ4n) is 0.524. The minimum absolute atomic E-state index is 0.155. The van der Waals surface area contributed by atoms with Gasteiger partial charge in [0.05, 0.1) is 0 Å². The van der Waals surface area contributed by atoms with Crippen molar-refractivity contribution in [2.24, 2.45) is 0 Å². The number of allylic oxidation sites excluding steroid dienone is 1. The summed E-state index contributed by atoms with van der Waals surface area (Å²) in [6, 6.07) is 0. The summed E-state index contributed by atoms with van der Waals surface area (Å²) in [4.78, 5) is 0. The number of hydrogen-bond donors (Lipinski definition) is 2. The van der Waals surface area contributed by atoms with E-state index in [0.29, 0.717) is 0 Å². The topological polar surface area (TPSA) is 40.5 Å². The van der Waals surface area contributed by atoms with Crippen molar-refractivity contribution in [2.75, 3.05) is 0 Å². The Morgan fingerprint density at radius 3 is 1.90 bits per heavy atom. The summed E-state index contributed by atoms with van der Waals surface area (Å²) < 4.78 is 0. The molecule has 0 unspecified atom stereocenters. The Morgan fingerprint density at radius 2 is 1.80 bits per heavy atom. The molecule has 0 rings (SSSR count). The third-order valence-corrected chi connectivity index (χ3v) is 1.31. The molecule has 0 heterocycles. The molecule has 0 aromatic rings. The molecule has 0 aromatic heterocycles. The SMILES string of the molecule is C=CC(O)(C=C)C(O)=CC. The molecule has 0 spiro atoms. The van der Waals surface area contributed by atoms with Gasteiger partial charge in [0.25, 0.3) is 0 Å². The van der Waals surface area contributed by atoms with Gasteiger partial charge in [0.15, 0.2) is 5.60 Å². The van der Waals surface area contributed by atoms with Crippen molar-refractivity contribution in [3.05, 3.63) is 37.1 Å². The summed E-state index contributed by atoms with van der Waals surface area (Å²) in [5, 5.41) is 18.4. The summed E-state index contributed by atoms with van der Waals surface area (Å²) in [5.74, 6) is -0.155. The number of aliphatic hydroxyl groups is 2. The second-order valence-corrected chi connectivity index (χ2v) is 1.91. The highest BCUT2D eigenvalue weighted by Crippen LogP contribution is 2.15. The molecule has 0 atom stereocenters. The van der Waals surface area contributed by atoms with Crippen LogP contribution in [0.4, 0.5) is 0 Å². The molecule has 10 heavy (non-hydrogen) atoms. The van der Waals surface area contributed by atoms with E-state index >= 15 is 0 Å². The van der Waals surface area contributed by atoms with Gasteiger partial charge in [0, 0.05) is 0 Å². The molecule has 0 bridgehead atoms. The van der Waals surface area contributed by atoms with Crippen LogP contribution in [0.3, 0.4) is 0 Å². The average molecular weight is 140 g/mol. The normalized spacial score (nSPS) is 12.8. The second kappa shape index (κ2) is 3.22. The van der Waals surface area contributed by atoms with Crippen LogP contribution in [-0.2, 0) is 0 Å². The van der Waals surface area contributed by atoms with Gasteiger partial charge in [-0.25, -0.2) is 0 Å². The number of rotatable bonds is 3. The first kappa shape index (κ1) is 8.98. The first-order chi connectivity index (χ1) is 4.60. The van der Waals surface area contributed by atoms with Gasteiger partial charge in [0.2, 0.25) is 0 Å². The maximum Gasteiger partial charge on any atom is 0.157 e. The summed E-state index contributed by atoms with van der Waals surface area (Å²) in [6.07, 6.45) is 3.83. The van der Waals surface area contributed by atoms with Crippen LogP contribution in [0.2, 0.25) is 0 Å². The van der Waals surface area contributed by atoms with Crippen molar-refractivity contribution in [3.63, 3.8) is 0 Å². The van der Waals surface area contributed by atoms with Crippen LogP contribution in [0.25, 0.3) is 0 Å². The Balaban J connectivity index is 4.64. The Kier molecular flexibility index (Phi) is 2.90. The Hall–Kier alpha value is -1.02. The van der Waals surface area contributed by atoms with E-state index in [-0.39, 0.29) is 5.76 Å². The fourth-order valence-corrected chi connectivity index (χ4v) is 0.524. The highest BCUT2D eigenvalue weighted by Gasteiger charge is 2.22. The first-order valence-corrected chi connectivity index (χ1v) is 2.96. The van der Waals surface area contributed by atoms with Gasteiger partial charge in [-0.15, -0.1) is 0 Å². The third-order valence-electron chi connectivity index (χ3n) is 1.31. The van der Waals surface area contributed by atoms with E-state index in [1.807, 2.05) is 0 Å². The van der Waals surface area contributed by atoms with Crippen LogP contribution in [0.5, 0.6) is 0 Å². The predicted molar refractivity (Wildman–Crippen MR) is 41.7 cm³/mol. The largest absolute Gasteiger partial charge is 0.509 e. The lowest BCUT2D eigenvalue weighted by Crippen LogP contribution is -2.24. The smallest absolute Gasteiger partial charge is 0.157 e. The molecule has 0 aromatic carbocycles. The Bertz CT molecular complexity index is 160. The monoisotopic (exact) mass is 140 g/mol. The Labute approximate surface area is 60.8 Å². The molecular formula is C8H12O2. The van der Waals surface area contributed by atoms with Gasteiger partial charge in [-0.1, -0.05) is 13.2 Å². The maximum atomic E-state index is 9.34. The van der Waals surface area contributed by atoms with Gasteiger partial charge >= 0.3 is 0 Å². The van der Waals surface area contributed by atoms with Crippen molar-refractivity contribution in [1.29, 1.82) is 0 Å². The lowest BCUT2D eigenvalue weighted by molar-refractivity contribution is 0.125. The molecule has 2 heteroatoms. The van der Waals surface area contributed by atoms with E-state index in [1.54, 1.807) is 6.92 Å². The Morgan fingerprint density at radius 1 is 1.40 bits per heavy atom. The second-order valence-electron chi connectivity index (χ2n) is 1.91. The van der Waals surface area contributed by atoms with Crippen LogP contribution in [0.15, 0.2) is 37.1 Å². The van der Waals surface area contributed by atoms with E-state index < -0.39 is 5.60 Å². The van der Waals surface area contributed by atoms with Crippen LogP contribution < -0.4 is 0 Å². The minimum atomic E-state index is -1.46. The minimum Gasteiger partial charge on any atom is -0.509 e.